The molecule has 0 spiro atoms. The van der Waals surface area contributed by atoms with Crippen LogP contribution < -0.4 is 0 Å². The number of hydrogen-bond donors (Lipinski definition) is 2. The van der Waals surface area contributed by atoms with E-state index in [1.807, 2.05) is 6.92 Å². The summed E-state index contributed by atoms with van der Waals surface area (Å²) in [5.41, 5.74) is 0. The van der Waals surface area contributed by atoms with Gasteiger partial charge in [-0.3, -0.25) is 14.1 Å². The minimum atomic E-state index is -4.72. The van der Waals surface area contributed by atoms with Gasteiger partial charge in [0.25, 0.3) is 0 Å². The van der Waals surface area contributed by atoms with Crippen molar-refractivity contribution in [1.82, 2.24) is 0 Å². The highest BCUT2D eigenvalue weighted by Crippen LogP contribution is 2.36. The number of phosphoric ester groups is 1. The molecule has 8 nitrogen and oxygen atoms in total. The highest BCUT2D eigenvalue weighted by molar-refractivity contribution is 7.46. The molecule has 44 heavy (non-hydrogen) atoms. The van der Waals surface area contributed by atoms with Crippen molar-refractivity contribution in [3.05, 3.63) is 0 Å². The van der Waals surface area contributed by atoms with Crippen molar-refractivity contribution in [3.63, 3.8) is 0 Å². The van der Waals surface area contributed by atoms with Crippen molar-refractivity contribution >= 4 is 19.8 Å². The van der Waals surface area contributed by atoms with E-state index in [9.17, 15) is 14.2 Å². The van der Waals surface area contributed by atoms with Crippen molar-refractivity contribution in [1.29, 1.82) is 0 Å². The van der Waals surface area contributed by atoms with E-state index in [0.29, 0.717) is 12.8 Å². The van der Waals surface area contributed by atoms with E-state index in [1.54, 1.807) is 0 Å². The molecular weight excluding hydrogens is 579 g/mol. The van der Waals surface area contributed by atoms with Crippen LogP contribution in [0.15, 0.2) is 0 Å². The molecule has 0 aromatic rings. The highest BCUT2D eigenvalue weighted by Gasteiger charge is 2.22. The number of esters is 2. The molecule has 0 amide bonds. The van der Waals surface area contributed by atoms with Gasteiger partial charge in [-0.25, -0.2) is 4.57 Å². The number of unbranched alkanes of at least 4 members (excludes halogenated alkanes) is 24. The van der Waals surface area contributed by atoms with Crippen molar-refractivity contribution < 1.29 is 37.9 Å². The van der Waals surface area contributed by atoms with Gasteiger partial charge >= 0.3 is 19.8 Å². The van der Waals surface area contributed by atoms with Crippen LogP contribution in [0.1, 0.15) is 194 Å². The number of hydrogen-bond acceptors (Lipinski definition) is 6. The average Bonchev–Trinajstić information content (AvgIpc) is 2.98. The first kappa shape index (κ1) is 43.0. The molecule has 1 atom stereocenters. The summed E-state index contributed by atoms with van der Waals surface area (Å²) in [6.07, 6.45) is 32.2. The van der Waals surface area contributed by atoms with E-state index in [1.165, 1.54) is 128 Å². The molecule has 0 radical (unpaired) electrons. The molecule has 0 fully saturated rings. The molecule has 0 aromatic carbocycles. The van der Waals surface area contributed by atoms with Crippen LogP contribution in [-0.4, -0.2) is 41.0 Å². The zero-order chi connectivity index (χ0) is 32.6. The topological polar surface area (TPSA) is 119 Å². The Morgan fingerprint density at radius 2 is 0.818 bits per heavy atom. The fourth-order valence-corrected chi connectivity index (χ4v) is 5.73. The molecule has 0 aliphatic carbocycles. The van der Waals surface area contributed by atoms with E-state index >= 15 is 0 Å². The lowest BCUT2D eigenvalue weighted by atomic mass is 10.0. The third kappa shape index (κ3) is 33.9. The van der Waals surface area contributed by atoms with Gasteiger partial charge in [-0.2, -0.15) is 0 Å². The quantitative estimate of drug-likeness (QED) is 0.0402. The molecule has 0 aliphatic heterocycles. The Labute approximate surface area is 270 Å². The molecule has 0 aromatic heterocycles. The standard InChI is InChI=1S/C35H69O8P/c1-3-5-7-8-9-10-11-12-13-14-15-16-17-18-19-20-21-22-23-24-25-26-28-30-35(37)43-33(32-42-44(38,39)40)31-41-34(36)29-27-6-4-2/h33H,3-32H2,1-2H3,(H2,38,39,40). The van der Waals surface area contributed by atoms with Crippen LogP contribution in [0.4, 0.5) is 0 Å². The van der Waals surface area contributed by atoms with E-state index in [4.69, 9.17) is 19.3 Å². The first-order valence-electron chi connectivity index (χ1n) is 18.3. The van der Waals surface area contributed by atoms with Crippen LogP contribution >= 0.6 is 7.82 Å². The third-order valence-electron chi connectivity index (χ3n) is 8.13. The van der Waals surface area contributed by atoms with Crippen molar-refractivity contribution in [3.8, 4) is 0 Å². The first-order chi connectivity index (χ1) is 21.3. The van der Waals surface area contributed by atoms with Gasteiger partial charge in [0.15, 0.2) is 6.10 Å². The molecule has 2 N–H and O–H groups in total. The summed E-state index contributed by atoms with van der Waals surface area (Å²) in [6.45, 7) is 3.50. The van der Waals surface area contributed by atoms with Crippen molar-refractivity contribution in [2.45, 2.75) is 200 Å². The maximum Gasteiger partial charge on any atom is 0.469 e. The molecule has 262 valence electrons. The van der Waals surface area contributed by atoms with Gasteiger partial charge in [0, 0.05) is 12.8 Å². The molecule has 0 saturated carbocycles. The van der Waals surface area contributed by atoms with Crippen LogP contribution in [0.25, 0.3) is 0 Å². The smallest absolute Gasteiger partial charge is 0.462 e. The Morgan fingerprint density at radius 3 is 1.20 bits per heavy atom. The van der Waals surface area contributed by atoms with E-state index in [0.717, 1.165) is 25.7 Å². The Kier molecular flexibility index (Phi) is 31.3. The summed E-state index contributed by atoms with van der Waals surface area (Å²) in [4.78, 5) is 42.0. The monoisotopic (exact) mass is 648 g/mol. The lowest BCUT2D eigenvalue weighted by molar-refractivity contribution is -0.161. The Hall–Kier alpha value is -0.950. The number of carbonyl (C=O) groups excluding carboxylic acids is 2. The minimum absolute atomic E-state index is 0.218. The van der Waals surface area contributed by atoms with Crippen LogP contribution in [0, 0.1) is 0 Å². The SMILES string of the molecule is CCCCCCCCCCCCCCCCCCCCCCCCCC(=O)OC(COC(=O)CCCCC)COP(=O)(O)O. The molecule has 0 aliphatic rings. The number of phosphoric acid groups is 1. The second-order valence-corrected chi connectivity index (χ2v) is 13.8. The summed E-state index contributed by atoms with van der Waals surface area (Å²) >= 11 is 0. The number of rotatable bonds is 34. The Balaban J connectivity index is 3.63. The van der Waals surface area contributed by atoms with Gasteiger partial charge in [0.05, 0.1) is 6.61 Å². The van der Waals surface area contributed by atoms with Gasteiger partial charge in [-0.15, -0.1) is 0 Å². The van der Waals surface area contributed by atoms with E-state index < -0.39 is 32.5 Å². The molecule has 0 bridgehead atoms. The van der Waals surface area contributed by atoms with Crippen LogP contribution in [0.2, 0.25) is 0 Å². The van der Waals surface area contributed by atoms with Gasteiger partial charge in [-0.05, 0) is 12.8 Å². The summed E-state index contributed by atoms with van der Waals surface area (Å²) < 4.78 is 25.9. The summed E-state index contributed by atoms with van der Waals surface area (Å²) in [5, 5.41) is 0. The number of ether oxygens (including phenoxy) is 2. The van der Waals surface area contributed by atoms with Crippen LogP contribution in [0.3, 0.4) is 0 Å². The van der Waals surface area contributed by atoms with Gasteiger partial charge in [0.1, 0.15) is 6.61 Å². The molecule has 0 saturated heterocycles. The van der Waals surface area contributed by atoms with Gasteiger partial charge in [0.2, 0.25) is 0 Å². The fraction of sp³-hybridized carbons (Fsp3) is 0.943. The summed E-state index contributed by atoms with van der Waals surface area (Å²) in [5.74, 6) is -0.902. The summed E-state index contributed by atoms with van der Waals surface area (Å²) in [6, 6.07) is 0. The van der Waals surface area contributed by atoms with Crippen LogP contribution in [0.5, 0.6) is 0 Å². The van der Waals surface area contributed by atoms with Crippen LogP contribution in [-0.2, 0) is 28.2 Å². The molecule has 9 heteroatoms. The predicted molar refractivity (Wildman–Crippen MR) is 179 cm³/mol. The zero-order valence-corrected chi connectivity index (χ0v) is 29.5. The average molecular weight is 649 g/mol. The third-order valence-corrected chi connectivity index (χ3v) is 8.61. The largest absolute Gasteiger partial charge is 0.469 e. The lowest BCUT2D eigenvalue weighted by Crippen LogP contribution is -2.29. The molecule has 1 unspecified atom stereocenters. The van der Waals surface area contributed by atoms with Crippen molar-refractivity contribution in [2.24, 2.45) is 0 Å². The van der Waals surface area contributed by atoms with E-state index in [2.05, 4.69) is 11.4 Å². The minimum Gasteiger partial charge on any atom is -0.462 e. The molecular formula is C35H69O8P. The lowest BCUT2D eigenvalue weighted by Gasteiger charge is -2.18. The number of carbonyl (C=O) groups is 2. The zero-order valence-electron chi connectivity index (χ0n) is 28.6. The van der Waals surface area contributed by atoms with E-state index in [-0.39, 0.29) is 19.4 Å². The second kappa shape index (κ2) is 32.0. The van der Waals surface area contributed by atoms with Crippen molar-refractivity contribution in [2.75, 3.05) is 13.2 Å². The highest BCUT2D eigenvalue weighted by atomic mass is 31.2. The fourth-order valence-electron chi connectivity index (χ4n) is 5.37. The maximum absolute atomic E-state index is 12.2. The molecule has 0 rings (SSSR count). The molecule has 0 heterocycles. The normalized spacial score (nSPS) is 12.4. The predicted octanol–water partition coefficient (Wildman–Crippen LogP) is 10.5. The summed E-state index contributed by atoms with van der Waals surface area (Å²) in [7, 11) is -4.72. The first-order valence-corrected chi connectivity index (χ1v) is 19.9. The maximum atomic E-state index is 12.2. The Morgan fingerprint density at radius 1 is 0.500 bits per heavy atom. The van der Waals surface area contributed by atoms with Gasteiger partial charge < -0.3 is 19.3 Å². The second-order valence-electron chi connectivity index (χ2n) is 12.6. The van der Waals surface area contributed by atoms with Gasteiger partial charge in [-0.1, -0.05) is 168 Å². The Bertz CT molecular complexity index is 696.